The van der Waals surface area contributed by atoms with E-state index in [2.05, 4.69) is 10.3 Å². The monoisotopic (exact) mass is 285 g/mol. The van der Waals surface area contributed by atoms with E-state index in [1.165, 1.54) is 16.6 Å². The van der Waals surface area contributed by atoms with Gasteiger partial charge in [0.15, 0.2) is 5.82 Å². The maximum atomic E-state index is 13.7. The van der Waals surface area contributed by atoms with Crippen molar-refractivity contribution in [1.29, 1.82) is 0 Å². The molecule has 0 aliphatic carbocycles. The lowest BCUT2D eigenvalue weighted by Gasteiger charge is -2.35. The normalized spacial score (nSPS) is 28.3. The molecule has 1 N–H and O–H groups in total. The van der Waals surface area contributed by atoms with E-state index in [0.717, 1.165) is 25.5 Å². The van der Waals surface area contributed by atoms with Gasteiger partial charge in [0.1, 0.15) is 0 Å². The Kier molecular flexibility index (Phi) is 3.28. The first-order valence-electron chi connectivity index (χ1n) is 6.44. The molecular formula is C12H16FN3O2S. The summed E-state index contributed by atoms with van der Waals surface area (Å²) in [6.07, 6.45) is 3.15. The summed E-state index contributed by atoms with van der Waals surface area (Å²) in [4.78, 5) is 3.71. The van der Waals surface area contributed by atoms with E-state index in [-0.39, 0.29) is 6.04 Å². The Bertz CT molecular complexity index is 578. The van der Waals surface area contributed by atoms with Gasteiger partial charge >= 0.3 is 0 Å². The number of fused-ring (bicyclic) bond motifs is 1. The van der Waals surface area contributed by atoms with Gasteiger partial charge in [-0.1, -0.05) is 0 Å². The molecule has 2 aliphatic heterocycles. The van der Waals surface area contributed by atoms with Gasteiger partial charge in [0.2, 0.25) is 5.03 Å². The molecular weight excluding hydrogens is 269 g/mol. The molecule has 5 nitrogen and oxygen atoms in total. The molecule has 0 saturated carbocycles. The molecule has 104 valence electrons. The van der Waals surface area contributed by atoms with Crippen LogP contribution in [-0.2, 0) is 10.0 Å². The van der Waals surface area contributed by atoms with Crippen LogP contribution in [-0.4, -0.2) is 43.4 Å². The van der Waals surface area contributed by atoms with E-state index >= 15 is 0 Å². The zero-order chi connectivity index (χ0) is 13.5. The summed E-state index contributed by atoms with van der Waals surface area (Å²) in [7, 11) is -3.84. The minimum absolute atomic E-state index is 0.0693. The Labute approximate surface area is 111 Å². The van der Waals surface area contributed by atoms with Crippen molar-refractivity contribution in [2.75, 3.05) is 19.6 Å². The Morgan fingerprint density at radius 1 is 1.42 bits per heavy atom. The van der Waals surface area contributed by atoms with Crippen molar-refractivity contribution < 1.29 is 12.8 Å². The Morgan fingerprint density at radius 3 is 3.05 bits per heavy atom. The highest BCUT2D eigenvalue weighted by atomic mass is 32.2. The first-order valence-corrected chi connectivity index (χ1v) is 7.88. The molecule has 0 radical (unpaired) electrons. The third-order valence-electron chi connectivity index (χ3n) is 3.91. The number of nitrogens with zero attached hydrogens (tertiary/aromatic N) is 2. The Hall–Kier alpha value is -1.05. The van der Waals surface area contributed by atoms with E-state index in [4.69, 9.17) is 0 Å². The molecule has 2 fully saturated rings. The minimum atomic E-state index is -3.84. The molecule has 19 heavy (non-hydrogen) atoms. The summed E-state index contributed by atoms with van der Waals surface area (Å²) in [6.45, 7) is 1.92. The van der Waals surface area contributed by atoms with Crippen molar-refractivity contribution >= 4 is 10.0 Å². The van der Waals surface area contributed by atoms with E-state index < -0.39 is 20.9 Å². The summed E-state index contributed by atoms with van der Waals surface area (Å²) >= 11 is 0. The first kappa shape index (κ1) is 13.0. The third-order valence-corrected chi connectivity index (χ3v) is 5.77. The van der Waals surface area contributed by atoms with Gasteiger partial charge in [0.25, 0.3) is 10.0 Å². The van der Waals surface area contributed by atoms with Crippen LogP contribution in [0.15, 0.2) is 23.4 Å². The fourth-order valence-corrected chi connectivity index (χ4v) is 4.70. The van der Waals surface area contributed by atoms with Gasteiger partial charge in [-0.25, -0.2) is 17.8 Å². The molecule has 0 bridgehead atoms. The van der Waals surface area contributed by atoms with Gasteiger partial charge in [-0.3, -0.25) is 0 Å². The third kappa shape index (κ3) is 2.15. The smallest absolute Gasteiger partial charge is 0.263 e. The van der Waals surface area contributed by atoms with E-state index in [1.54, 1.807) is 0 Å². The number of aromatic nitrogens is 1. The molecule has 1 aromatic heterocycles. The van der Waals surface area contributed by atoms with Crippen molar-refractivity contribution in [3.8, 4) is 0 Å². The number of piperidine rings is 1. The van der Waals surface area contributed by atoms with Crippen LogP contribution < -0.4 is 5.32 Å². The van der Waals surface area contributed by atoms with Gasteiger partial charge < -0.3 is 5.32 Å². The SMILES string of the molecule is O=S(=O)(c1ncccc1F)N1CCCC2CNCC21. The van der Waals surface area contributed by atoms with Gasteiger partial charge in [0, 0.05) is 25.3 Å². The number of nitrogens with one attached hydrogen (secondary N) is 1. The molecule has 2 atom stereocenters. The molecule has 2 saturated heterocycles. The minimum Gasteiger partial charge on any atom is -0.315 e. The predicted molar refractivity (Wildman–Crippen MR) is 67.5 cm³/mol. The molecule has 7 heteroatoms. The lowest BCUT2D eigenvalue weighted by Crippen LogP contribution is -2.48. The highest BCUT2D eigenvalue weighted by Crippen LogP contribution is 2.31. The number of hydrogen-bond donors (Lipinski definition) is 1. The van der Waals surface area contributed by atoms with Crippen molar-refractivity contribution in [1.82, 2.24) is 14.6 Å². The van der Waals surface area contributed by atoms with Crippen LogP contribution in [0.3, 0.4) is 0 Å². The van der Waals surface area contributed by atoms with Gasteiger partial charge in [-0.15, -0.1) is 0 Å². The van der Waals surface area contributed by atoms with Gasteiger partial charge in [-0.05, 0) is 37.4 Å². The second kappa shape index (κ2) is 4.81. The molecule has 0 aromatic carbocycles. The molecule has 2 aliphatic rings. The van der Waals surface area contributed by atoms with Crippen molar-refractivity contribution in [2.24, 2.45) is 5.92 Å². The number of sulfonamides is 1. The van der Waals surface area contributed by atoms with E-state index in [9.17, 15) is 12.8 Å². The number of pyridine rings is 1. The highest BCUT2D eigenvalue weighted by Gasteiger charge is 2.42. The number of hydrogen-bond acceptors (Lipinski definition) is 4. The average molecular weight is 285 g/mol. The largest absolute Gasteiger partial charge is 0.315 e. The fourth-order valence-electron chi connectivity index (χ4n) is 3.00. The van der Waals surface area contributed by atoms with Gasteiger partial charge in [-0.2, -0.15) is 4.31 Å². The van der Waals surface area contributed by atoms with Crippen molar-refractivity contribution in [2.45, 2.75) is 23.9 Å². The summed E-state index contributed by atoms with van der Waals surface area (Å²) in [5, 5.41) is 2.76. The lowest BCUT2D eigenvalue weighted by atomic mass is 9.94. The zero-order valence-corrected chi connectivity index (χ0v) is 11.2. The Morgan fingerprint density at radius 2 is 2.26 bits per heavy atom. The lowest BCUT2D eigenvalue weighted by molar-refractivity contribution is 0.216. The summed E-state index contributed by atoms with van der Waals surface area (Å²) in [5.41, 5.74) is 0. The first-order chi connectivity index (χ1) is 9.10. The van der Waals surface area contributed by atoms with Crippen molar-refractivity contribution in [3.63, 3.8) is 0 Å². The van der Waals surface area contributed by atoms with Crippen LogP contribution in [0.2, 0.25) is 0 Å². The second-order valence-electron chi connectivity index (χ2n) is 5.03. The predicted octanol–water partition coefficient (Wildman–Crippen LogP) is 0.593. The number of halogens is 1. The maximum absolute atomic E-state index is 13.7. The topological polar surface area (TPSA) is 62.3 Å². The van der Waals surface area contributed by atoms with Crippen LogP contribution >= 0.6 is 0 Å². The number of rotatable bonds is 2. The average Bonchev–Trinajstić information content (AvgIpc) is 2.86. The quantitative estimate of drug-likeness (QED) is 0.864. The molecule has 3 heterocycles. The summed E-state index contributed by atoms with van der Waals surface area (Å²) < 4.78 is 40.2. The second-order valence-corrected chi connectivity index (χ2v) is 6.84. The molecule has 3 rings (SSSR count). The standard InChI is InChI=1S/C12H16FN3O2S/c13-10-4-1-5-15-12(10)19(17,18)16-6-2-3-9-7-14-8-11(9)16/h1,4-5,9,11,14H,2-3,6-8H2. The summed E-state index contributed by atoms with van der Waals surface area (Å²) in [5.74, 6) is -0.453. The zero-order valence-electron chi connectivity index (χ0n) is 10.4. The van der Waals surface area contributed by atoms with Crippen LogP contribution in [0.1, 0.15) is 12.8 Å². The van der Waals surface area contributed by atoms with E-state index in [0.29, 0.717) is 19.0 Å². The van der Waals surface area contributed by atoms with Crippen LogP contribution in [0, 0.1) is 11.7 Å². The molecule has 0 spiro atoms. The summed E-state index contributed by atoms with van der Waals surface area (Å²) in [6, 6.07) is 2.46. The van der Waals surface area contributed by atoms with Gasteiger partial charge in [0.05, 0.1) is 0 Å². The molecule has 2 unspecified atom stereocenters. The van der Waals surface area contributed by atoms with Crippen LogP contribution in [0.5, 0.6) is 0 Å². The maximum Gasteiger partial charge on any atom is 0.263 e. The molecule has 1 aromatic rings. The molecule has 0 amide bonds. The highest BCUT2D eigenvalue weighted by molar-refractivity contribution is 7.89. The van der Waals surface area contributed by atoms with Crippen LogP contribution in [0.25, 0.3) is 0 Å². The van der Waals surface area contributed by atoms with E-state index in [1.807, 2.05) is 0 Å². The van der Waals surface area contributed by atoms with Crippen molar-refractivity contribution in [3.05, 3.63) is 24.1 Å². The fraction of sp³-hybridized carbons (Fsp3) is 0.583. The van der Waals surface area contributed by atoms with Crippen LogP contribution in [0.4, 0.5) is 4.39 Å². The Balaban J connectivity index is 1.98.